The van der Waals surface area contributed by atoms with Gasteiger partial charge in [-0.1, -0.05) is 42.5 Å². The van der Waals surface area contributed by atoms with Crippen LogP contribution in [0.1, 0.15) is 27.6 Å². The minimum absolute atomic E-state index is 0.226. The van der Waals surface area contributed by atoms with Crippen molar-refractivity contribution in [3.63, 3.8) is 0 Å². The van der Waals surface area contributed by atoms with Gasteiger partial charge in [0.25, 0.3) is 0 Å². The SMILES string of the molecule is COCCc1ccc(C(Cl)c2cccc(C)c2F)cc1. The maximum absolute atomic E-state index is 14.1. The van der Waals surface area contributed by atoms with E-state index in [0.717, 1.165) is 12.0 Å². The predicted molar refractivity (Wildman–Crippen MR) is 80.9 cm³/mol. The molecule has 0 heterocycles. The lowest BCUT2D eigenvalue weighted by atomic mass is 10.00. The molecule has 0 spiro atoms. The van der Waals surface area contributed by atoms with Crippen LogP contribution in [0.5, 0.6) is 0 Å². The van der Waals surface area contributed by atoms with Crippen LogP contribution in [-0.4, -0.2) is 13.7 Å². The molecule has 0 fully saturated rings. The van der Waals surface area contributed by atoms with Gasteiger partial charge in [0.15, 0.2) is 0 Å². The highest BCUT2D eigenvalue weighted by molar-refractivity contribution is 6.22. The topological polar surface area (TPSA) is 9.23 Å². The van der Waals surface area contributed by atoms with Crippen LogP contribution in [0.15, 0.2) is 42.5 Å². The molecule has 0 N–H and O–H groups in total. The van der Waals surface area contributed by atoms with Crippen LogP contribution in [0.4, 0.5) is 4.39 Å². The molecule has 0 bridgehead atoms. The molecule has 1 atom stereocenters. The maximum Gasteiger partial charge on any atom is 0.131 e. The molecule has 3 heteroatoms. The highest BCUT2D eigenvalue weighted by Crippen LogP contribution is 2.31. The maximum atomic E-state index is 14.1. The van der Waals surface area contributed by atoms with E-state index in [9.17, 15) is 4.39 Å². The summed E-state index contributed by atoms with van der Waals surface area (Å²) >= 11 is 6.40. The lowest BCUT2D eigenvalue weighted by Crippen LogP contribution is -2.00. The van der Waals surface area contributed by atoms with Crippen LogP contribution in [0.3, 0.4) is 0 Å². The third-order valence-corrected chi connectivity index (χ3v) is 3.85. The van der Waals surface area contributed by atoms with Gasteiger partial charge in [0.05, 0.1) is 12.0 Å². The van der Waals surface area contributed by atoms with Crippen molar-refractivity contribution < 1.29 is 9.13 Å². The van der Waals surface area contributed by atoms with E-state index in [0.29, 0.717) is 17.7 Å². The quantitative estimate of drug-likeness (QED) is 0.729. The van der Waals surface area contributed by atoms with Crippen molar-refractivity contribution in [3.05, 3.63) is 70.5 Å². The Morgan fingerprint density at radius 2 is 1.85 bits per heavy atom. The second-order valence-corrected chi connectivity index (χ2v) is 5.26. The normalized spacial score (nSPS) is 12.4. The molecule has 0 aliphatic rings. The molecule has 1 unspecified atom stereocenters. The second kappa shape index (κ2) is 6.87. The highest BCUT2D eigenvalue weighted by atomic mass is 35.5. The molecule has 20 heavy (non-hydrogen) atoms. The molecule has 0 saturated carbocycles. The van der Waals surface area contributed by atoms with Gasteiger partial charge in [-0.25, -0.2) is 4.39 Å². The zero-order valence-electron chi connectivity index (χ0n) is 11.7. The molecule has 2 aromatic carbocycles. The van der Waals surface area contributed by atoms with Crippen molar-refractivity contribution in [2.75, 3.05) is 13.7 Å². The Labute approximate surface area is 124 Å². The number of ether oxygens (including phenoxy) is 1. The Hall–Kier alpha value is -1.38. The van der Waals surface area contributed by atoms with Crippen molar-refractivity contribution in [2.24, 2.45) is 0 Å². The molecule has 0 aliphatic carbocycles. The minimum Gasteiger partial charge on any atom is -0.384 e. The number of hydrogen-bond acceptors (Lipinski definition) is 1. The van der Waals surface area contributed by atoms with Crippen LogP contribution in [0.2, 0.25) is 0 Å². The van der Waals surface area contributed by atoms with Crippen LogP contribution >= 0.6 is 11.6 Å². The summed E-state index contributed by atoms with van der Waals surface area (Å²) in [5.41, 5.74) is 3.22. The minimum atomic E-state index is -0.466. The third-order valence-electron chi connectivity index (χ3n) is 3.36. The van der Waals surface area contributed by atoms with Gasteiger partial charge in [-0.15, -0.1) is 11.6 Å². The number of methoxy groups -OCH3 is 1. The Balaban J connectivity index is 2.20. The van der Waals surface area contributed by atoms with E-state index < -0.39 is 5.38 Å². The molecule has 0 aliphatic heterocycles. The van der Waals surface area contributed by atoms with E-state index in [1.807, 2.05) is 30.3 Å². The Kier molecular flexibility index (Phi) is 5.16. The first kappa shape index (κ1) is 15.0. The first-order chi connectivity index (χ1) is 9.63. The fourth-order valence-electron chi connectivity index (χ4n) is 2.12. The van der Waals surface area contributed by atoms with Gasteiger partial charge in [0.1, 0.15) is 5.82 Å². The Morgan fingerprint density at radius 1 is 1.15 bits per heavy atom. The molecular weight excluding hydrogens is 275 g/mol. The predicted octanol–water partition coefficient (Wildman–Crippen LogP) is 4.65. The highest BCUT2D eigenvalue weighted by Gasteiger charge is 2.16. The van der Waals surface area contributed by atoms with Gasteiger partial charge in [0.2, 0.25) is 0 Å². The van der Waals surface area contributed by atoms with E-state index in [4.69, 9.17) is 16.3 Å². The molecule has 0 saturated heterocycles. The fraction of sp³-hybridized carbons (Fsp3) is 0.294. The number of aryl methyl sites for hydroxylation is 1. The van der Waals surface area contributed by atoms with Crippen LogP contribution in [0.25, 0.3) is 0 Å². The summed E-state index contributed by atoms with van der Waals surface area (Å²) in [6.45, 7) is 2.44. The monoisotopic (exact) mass is 292 g/mol. The van der Waals surface area contributed by atoms with E-state index >= 15 is 0 Å². The summed E-state index contributed by atoms with van der Waals surface area (Å²) in [5.74, 6) is -0.226. The van der Waals surface area contributed by atoms with Crippen LogP contribution in [-0.2, 0) is 11.2 Å². The van der Waals surface area contributed by atoms with Gasteiger partial charge < -0.3 is 4.74 Å². The van der Waals surface area contributed by atoms with E-state index in [-0.39, 0.29) is 5.82 Å². The Bertz CT molecular complexity index is 566. The summed E-state index contributed by atoms with van der Waals surface area (Å²) in [6.07, 6.45) is 0.864. The van der Waals surface area contributed by atoms with Gasteiger partial charge in [0, 0.05) is 12.7 Å². The molecule has 1 nitrogen and oxygen atoms in total. The molecular formula is C17H18ClFO. The molecule has 106 valence electrons. The van der Waals surface area contributed by atoms with Crippen LogP contribution < -0.4 is 0 Å². The third kappa shape index (κ3) is 3.38. The summed E-state index contributed by atoms with van der Waals surface area (Å²) < 4.78 is 19.1. The van der Waals surface area contributed by atoms with Gasteiger partial charge in [-0.3, -0.25) is 0 Å². The smallest absolute Gasteiger partial charge is 0.131 e. The van der Waals surface area contributed by atoms with Crippen LogP contribution in [0, 0.1) is 12.7 Å². The van der Waals surface area contributed by atoms with Gasteiger partial charge in [-0.2, -0.15) is 0 Å². The molecule has 0 amide bonds. The average molecular weight is 293 g/mol. The van der Waals surface area contributed by atoms with Crippen molar-refractivity contribution in [1.82, 2.24) is 0 Å². The molecule has 2 aromatic rings. The van der Waals surface area contributed by atoms with Gasteiger partial charge in [-0.05, 0) is 30.0 Å². The van der Waals surface area contributed by atoms with Crippen molar-refractivity contribution in [3.8, 4) is 0 Å². The van der Waals surface area contributed by atoms with Gasteiger partial charge >= 0.3 is 0 Å². The van der Waals surface area contributed by atoms with E-state index in [1.165, 1.54) is 5.56 Å². The standard InChI is InChI=1S/C17H18ClFO/c1-12-4-3-5-15(17(12)19)16(18)14-8-6-13(7-9-14)10-11-20-2/h3-9,16H,10-11H2,1-2H3. The van der Waals surface area contributed by atoms with Crippen molar-refractivity contribution >= 4 is 11.6 Å². The molecule has 2 rings (SSSR count). The average Bonchev–Trinajstić information content (AvgIpc) is 2.48. The van der Waals surface area contributed by atoms with Crippen molar-refractivity contribution in [1.29, 1.82) is 0 Å². The Morgan fingerprint density at radius 3 is 2.50 bits per heavy atom. The summed E-state index contributed by atoms with van der Waals surface area (Å²) in [5, 5.41) is -0.466. The van der Waals surface area contributed by atoms with Crippen molar-refractivity contribution in [2.45, 2.75) is 18.7 Å². The number of benzene rings is 2. The first-order valence-electron chi connectivity index (χ1n) is 6.60. The lowest BCUT2D eigenvalue weighted by Gasteiger charge is -2.13. The number of halogens is 2. The second-order valence-electron chi connectivity index (χ2n) is 4.83. The molecule has 0 radical (unpaired) electrons. The number of hydrogen-bond donors (Lipinski definition) is 0. The zero-order valence-corrected chi connectivity index (χ0v) is 12.5. The summed E-state index contributed by atoms with van der Waals surface area (Å²) in [6, 6.07) is 13.2. The van der Waals surface area contributed by atoms with E-state index in [2.05, 4.69) is 0 Å². The summed E-state index contributed by atoms with van der Waals surface area (Å²) in [4.78, 5) is 0. The fourth-order valence-corrected chi connectivity index (χ4v) is 2.43. The number of alkyl halides is 1. The number of rotatable bonds is 5. The molecule has 0 aromatic heterocycles. The zero-order chi connectivity index (χ0) is 14.5. The largest absolute Gasteiger partial charge is 0.384 e. The van der Waals surface area contributed by atoms with E-state index in [1.54, 1.807) is 26.2 Å². The first-order valence-corrected chi connectivity index (χ1v) is 7.04. The lowest BCUT2D eigenvalue weighted by molar-refractivity contribution is 0.202. The summed E-state index contributed by atoms with van der Waals surface area (Å²) in [7, 11) is 1.68.